The molecule has 1 aliphatic heterocycles. The maximum atomic E-state index is 10.8. The number of aromatic carboxylic acids is 1. The van der Waals surface area contributed by atoms with Crippen molar-refractivity contribution >= 4 is 17.5 Å². The molecule has 1 heterocycles. The maximum absolute atomic E-state index is 10.8. The van der Waals surface area contributed by atoms with Crippen molar-refractivity contribution in [2.75, 3.05) is 20.7 Å². The first-order chi connectivity index (χ1) is 7.58. The van der Waals surface area contributed by atoms with E-state index in [1.807, 2.05) is 19.0 Å². The predicted octanol–water partition coefficient (Wildman–Crippen LogP) is 1.37. The third kappa shape index (κ3) is 1.84. The molecule has 1 aliphatic rings. The van der Waals surface area contributed by atoms with Gasteiger partial charge in [-0.05, 0) is 18.2 Å². The van der Waals surface area contributed by atoms with Gasteiger partial charge in [0.15, 0.2) is 0 Å². The minimum Gasteiger partial charge on any atom is -0.483 e. The number of rotatable bonds is 1. The van der Waals surface area contributed by atoms with Crippen molar-refractivity contribution in [2.24, 2.45) is 4.99 Å². The lowest BCUT2D eigenvalue weighted by atomic mass is 10.2. The Morgan fingerprint density at radius 2 is 2.25 bits per heavy atom. The van der Waals surface area contributed by atoms with Gasteiger partial charge in [-0.15, -0.1) is 0 Å². The summed E-state index contributed by atoms with van der Waals surface area (Å²) >= 11 is 0. The minimum absolute atomic E-state index is 0.210. The highest BCUT2D eigenvalue weighted by Gasteiger charge is 2.16. The van der Waals surface area contributed by atoms with E-state index in [9.17, 15) is 4.79 Å². The molecule has 0 radical (unpaired) electrons. The molecule has 0 aliphatic carbocycles. The van der Waals surface area contributed by atoms with Crippen LogP contribution < -0.4 is 4.74 Å². The summed E-state index contributed by atoms with van der Waals surface area (Å²) in [7, 11) is 3.78. The number of hydrogen-bond acceptors (Lipinski definition) is 4. The first-order valence-corrected chi connectivity index (χ1v) is 4.83. The van der Waals surface area contributed by atoms with Crippen LogP contribution in [0.25, 0.3) is 0 Å². The van der Waals surface area contributed by atoms with E-state index in [4.69, 9.17) is 9.84 Å². The number of nitrogens with zero attached hydrogens (tertiary/aromatic N) is 2. The molecule has 0 spiro atoms. The van der Waals surface area contributed by atoms with Crippen LogP contribution in [-0.4, -0.2) is 42.5 Å². The molecule has 0 saturated carbocycles. The van der Waals surface area contributed by atoms with E-state index < -0.39 is 5.97 Å². The Hall–Kier alpha value is -2.04. The number of hydrogen-bond donors (Lipinski definition) is 1. The van der Waals surface area contributed by atoms with E-state index in [1.165, 1.54) is 12.1 Å². The number of fused-ring (bicyclic) bond motifs is 1. The molecule has 5 heteroatoms. The summed E-state index contributed by atoms with van der Waals surface area (Å²) in [4.78, 5) is 17.0. The van der Waals surface area contributed by atoms with Crippen molar-refractivity contribution in [3.05, 3.63) is 23.8 Å². The van der Waals surface area contributed by atoms with Crippen LogP contribution in [0.3, 0.4) is 0 Å². The number of amidine groups is 1. The molecule has 0 unspecified atom stereocenters. The lowest BCUT2D eigenvalue weighted by molar-refractivity contribution is 0.0696. The van der Waals surface area contributed by atoms with E-state index in [0.717, 1.165) is 5.84 Å². The lowest BCUT2D eigenvalue weighted by Gasteiger charge is -2.21. The Morgan fingerprint density at radius 3 is 2.88 bits per heavy atom. The predicted molar refractivity (Wildman–Crippen MR) is 59.7 cm³/mol. The second-order valence-corrected chi connectivity index (χ2v) is 3.70. The normalized spacial score (nSPS) is 13.5. The molecule has 5 nitrogen and oxygen atoms in total. The first kappa shape index (κ1) is 10.5. The summed E-state index contributed by atoms with van der Waals surface area (Å²) in [5.41, 5.74) is 0.877. The number of aliphatic imine (C=N–C) groups is 1. The highest BCUT2D eigenvalue weighted by atomic mass is 16.5. The lowest BCUT2D eigenvalue weighted by Crippen LogP contribution is -2.29. The third-order valence-electron chi connectivity index (χ3n) is 2.33. The molecular weight excluding hydrogens is 208 g/mol. The number of ether oxygens (including phenoxy) is 1. The molecule has 0 amide bonds. The Balaban J connectivity index is 2.39. The van der Waals surface area contributed by atoms with Crippen molar-refractivity contribution in [3.63, 3.8) is 0 Å². The highest BCUT2D eigenvalue weighted by molar-refractivity contribution is 5.91. The van der Waals surface area contributed by atoms with Crippen molar-refractivity contribution in [1.29, 1.82) is 0 Å². The maximum Gasteiger partial charge on any atom is 0.335 e. The molecule has 84 valence electrons. The van der Waals surface area contributed by atoms with Gasteiger partial charge in [-0.25, -0.2) is 9.79 Å². The van der Waals surface area contributed by atoms with Gasteiger partial charge in [0.25, 0.3) is 0 Å². The molecule has 1 N–H and O–H groups in total. The van der Waals surface area contributed by atoms with Gasteiger partial charge in [0.1, 0.15) is 23.9 Å². The van der Waals surface area contributed by atoms with Gasteiger partial charge in [-0.1, -0.05) is 0 Å². The van der Waals surface area contributed by atoms with Crippen molar-refractivity contribution in [2.45, 2.75) is 0 Å². The SMILES string of the molecule is CN(C)C1=Nc2ccc(C(=O)O)cc2OC1. The Bertz CT molecular complexity index is 466. The molecule has 2 rings (SSSR count). The Morgan fingerprint density at radius 1 is 1.50 bits per heavy atom. The quantitative estimate of drug-likeness (QED) is 0.776. The van der Waals surface area contributed by atoms with E-state index in [0.29, 0.717) is 18.0 Å². The van der Waals surface area contributed by atoms with Gasteiger partial charge >= 0.3 is 5.97 Å². The summed E-state index contributed by atoms with van der Waals surface area (Å²) in [5.74, 6) is 0.370. The van der Waals surface area contributed by atoms with Gasteiger partial charge in [-0.2, -0.15) is 0 Å². The molecule has 0 fully saturated rings. The van der Waals surface area contributed by atoms with Crippen LogP contribution >= 0.6 is 0 Å². The average Bonchev–Trinajstić information content (AvgIpc) is 2.27. The number of carboxylic acids is 1. The monoisotopic (exact) mass is 220 g/mol. The standard InChI is InChI=1S/C11H12N2O3/c1-13(2)10-6-16-9-5-7(11(14)15)3-4-8(9)12-10/h3-5H,6H2,1-2H3,(H,14,15). The van der Waals surface area contributed by atoms with Crippen LogP contribution in [0.1, 0.15) is 10.4 Å². The fourth-order valence-electron chi connectivity index (χ4n) is 1.40. The molecule has 0 saturated heterocycles. The second kappa shape index (κ2) is 3.84. The van der Waals surface area contributed by atoms with Crippen molar-refractivity contribution < 1.29 is 14.6 Å². The smallest absolute Gasteiger partial charge is 0.335 e. The number of carboxylic acid groups (broad SMARTS) is 1. The molecule has 0 atom stereocenters. The van der Waals surface area contributed by atoms with Crippen LogP contribution in [0.5, 0.6) is 5.75 Å². The van der Waals surface area contributed by atoms with Gasteiger partial charge < -0.3 is 14.7 Å². The van der Waals surface area contributed by atoms with Gasteiger partial charge in [-0.3, -0.25) is 0 Å². The summed E-state index contributed by atoms with van der Waals surface area (Å²) in [6, 6.07) is 4.67. The number of likely N-dealkylation sites (N-methyl/N-ethyl adjacent to an activating group) is 1. The van der Waals surface area contributed by atoms with E-state index in [-0.39, 0.29) is 5.56 Å². The summed E-state index contributed by atoms with van der Waals surface area (Å²) in [6.07, 6.45) is 0. The van der Waals surface area contributed by atoms with E-state index >= 15 is 0 Å². The second-order valence-electron chi connectivity index (χ2n) is 3.70. The van der Waals surface area contributed by atoms with Crippen molar-refractivity contribution in [1.82, 2.24) is 4.90 Å². The average molecular weight is 220 g/mol. The fraction of sp³-hybridized carbons (Fsp3) is 0.273. The molecular formula is C11H12N2O3. The van der Waals surface area contributed by atoms with Crippen LogP contribution in [0, 0.1) is 0 Å². The number of carbonyl (C=O) groups is 1. The first-order valence-electron chi connectivity index (χ1n) is 4.83. The molecule has 16 heavy (non-hydrogen) atoms. The highest BCUT2D eigenvalue weighted by Crippen LogP contribution is 2.31. The number of benzene rings is 1. The molecule has 1 aromatic rings. The van der Waals surface area contributed by atoms with Crippen LogP contribution in [0.4, 0.5) is 5.69 Å². The van der Waals surface area contributed by atoms with Crippen molar-refractivity contribution in [3.8, 4) is 5.75 Å². The van der Waals surface area contributed by atoms with E-state index in [1.54, 1.807) is 6.07 Å². The van der Waals surface area contributed by atoms with Crippen LogP contribution in [-0.2, 0) is 0 Å². The zero-order chi connectivity index (χ0) is 11.7. The summed E-state index contributed by atoms with van der Waals surface area (Å²) in [5, 5.41) is 8.83. The Kier molecular flexibility index (Phi) is 2.52. The third-order valence-corrected chi connectivity index (χ3v) is 2.33. The zero-order valence-electron chi connectivity index (χ0n) is 9.10. The van der Waals surface area contributed by atoms with Gasteiger partial charge in [0.2, 0.25) is 0 Å². The largest absolute Gasteiger partial charge is 0.483 e. The fourth-order valence-corrected chi connectivity index (χ4v) is 1.40. The van der Waals surface area contributed by atoms with Gasteiger partial charge in [0.05, 0.1) is 5.56 Å². The summed E-state index contributed by atoms with van der Waals surface area (Å²) < 4.78 is 5.45. The summed E-state index contributed by atoms with van der Waals surface area (Å²) in [6.45, 7) is 0.364. The Labute approximate surface area is 93.0 Å². The zero-order valence-corrected chi connectivity index (χ0v) is 9.10. The minimum atomic E-state index is -0.964. The van der Waals surface area contributed by atoms with E-state index in [2.05, 4.69) is 4.99 Å². The van der Waals surface area contributed by atoms with Crippen LogP contribution in [0.2, 0.25) is 0 Å². The van der Waals surface area contributed by atoms with Crippen LogP contribution in [0.15, 0.2) is 23.2 Å². The molecule has 1 aromatic carbocycles. The molecule has 0 bridgehead atoms. The van der Waals surface area contributed by atoms with Gasteiger partial charge in [0, 0.05) is 14.1 Å². The molecule has 0 aromatic heterocycles. The topological polar surface area (TPSA) is 62.1 Å².